The van der Waals surface area contributed by atoms with Crippen LogP contribution in [0, 0.1) is 0 Å². The Morgan fingerprint density at radius 1 is 1.04 bits per heavy atom. The molecule has 0 saturated carbocycles. The predicted molar refractivity (Wildman–Crippen MR) is 111 cm³/mol. The number of anilines is 1. The van der Waals surface area contributed by atoms with E-state index < -0.39 is 0 Å². The van der Waals surface area contributed by atoms with Gasteiger partial charge in [-0.2, -0.15) is 10.1 Å². The Labute approximate surface area is 166 Å². The van der Waals surface area contributed by atoms with Crippen molar-refractivity contribution in [3.63, 3.8) is 0 Å². The molecule has 2 atom stereocenters. The molecule has 1 aromatic heterocycles. The van der Waals surface area contributed by atoms with E-state index in [0.29, 0.717) is 11.5 Å². The highest BCUT2D eigenvalue weighted by molar-refractivity contribution is 6.05. The van der Waals surface area contributed by atoms with Gasteiger partial charge >= 0.3 is 0 Å². The summed E-state index contributed by atoms with van der Waals surface area (Å²) in [6, 6.07) is 18.3. The van der Waals surface area contributed by atoms with Gasteiger partial charge in [-0.25, -0.2) is 4.68 Å². The molecule has 4 rings (SSSR count). The highest BCUT2D eigenvalue weighted by Gasteiger charge is 2.36. The number of benzene rings is 2. The third-order valence-corrected chi connectivity index (χ3v) is 5.47. The van der Waals surface area contributed by atoms with Gasteiger partial charge in [-0.3, -0.25) is 9.69 Å². The molecule has 28 heavy (non-hydrogen) atoms. The molecule has 1 aliphatic heterocycles. The molecule has 0 radical (unpaired) electrons. The molecule has 1 amide bonds. The number of hydrogen-bond donors (Lipinski definition) is 0. The van der Waals surface area contributed by atoms with Crippen LogP contribution in [0.3, 0.4) is 0 Å². The molecule has 2 heterocycles. The van der Waals surface area contributed by atoms with Crippen LogP contribution in [-0.4, -0.2) is 26.7 Å². The van der Waals surface area contributed by atoms with E-state index in [0.717, 1.165) is 6.42 Å². The van der Waals surface area contributed by atoms with Gasteiger partial charge < -0.3 is 0 Å². The first-order valence-electron chi connectivity index (χ1n) is 9.75. The van der Waals surface area contributed by atoms with E-state index >= 15 is 0 Å². The average Bonchev–Trinajstić information content (AvgIpc) is 3.16. The number of carbonyl (C=O) groups excluding carboxylic acids is 1. The Hall–Kier alpha value is -2.95. The van der Waals surface area contributed by atoms with E-state index in [-0.39, 0.29) is 23.4 Å². The topological polar surface area (TPSA) is 51.0 Å². The van der Waals surface area contributed by atoms with Gasteiger partial charge in [0.25, 0.3) is 5.91 Å². The van der Waals surface area contributed by atoms with Crippen molar-refractivity contribution in [3.8, 4) is 0 Å². The summed E-state index contributed by atoms with van der Waals surface area (Å²) in [5.41, 5.74) is 3.13. The number of nitrogens with zero attached hydrogens (tertiary/aromatic N) is 4. The molecule has 0 fully saturated rings. The molecule has 2 aromatic carbocycles. The van der Waals surface area contributed by atoms with Crippen LogP contribution in [0.5, 0.6) is 0 Å². The van der Waals surface area contributed by atoms with E-state index in [1.807, 2.05) is 47.1 Å². The smallest absolute Gasteiger partial charge is 0.260 e. The first-order chi connectivity index (χ1) is 13.4. The van der Waals surface area contributed by atoms with Crippen LogP contribution in [0.2, 0.25) is 0 Å². The Morgan fingerprint density at radius 2 is 1.71 bits per heavy atom. The van der Waals surface area contributed by atoms with Crippen molar-refractivity contribution in [2.24, 2.45) is 0 Å². The Kier molecular flexibility index (Phi) is 4.53. The van der Waals surface area contributed by atoms with Crippen molar-refractivity contribution in [1.82, 2.24) is 14.8 Å². The van der Waals surface area contributed by atoms with E-state index in [2.05, 4.69) is 49.9 Å². The summed E-state index contributed by atoms with van der Waals surface area (Å²) in [5, 5.41) is 4.43. The number of fused-ring (bicyclic) bond motifs is 1. The summed E-state index contributed by atoms with van der Waals surface area (Å²) in [6.07, 6.45) is 2.33. The lowest BCUT2D eigenvalue weighted by molar-refractivity contribution is 0.0966. The molecule has 144 valence electrons. The zero-order valence-corrected chi connectivity index (χ0v) is 16.8. The molecule has 0 unspecified atom stereocenters. The first-order valence-corrected chi connectivity index (χ1v) is 9.75. The van der Waals surface area contributed by atoms with E-state index in [4.69, 9.17) is 0 Å². The Bertz CT molecular complexity index is 970. The maximum absolute atomic E-state index is 13.3. The van der Waals surface area contributed by atoms with Crippen LogP contribution >= 0.6 is 0 Å². The molecule has 0 bridgehead atoms. The predicted octanol–water partition coefficient (Wildman–Crippen LogP) is 4.60. The summed E-state index contributed by atoms with van der Waals surface area (Å²) in [6.45, 7) is 8.59. The first kappa shape index (κ1) is 18.4. The molecule has 0 aliphatic carbocycles. The van der Waals surface area contributed by atoms with Gasteiger partial charge in [0.05, 0.1) is 6.04 Å². The number of hydrogen-bond acceptors (Lipinski definition) is 3. The Balaban J connectivity index is 1.67. The van der Waals surface area contributed by atoms with Crippen LogP contribution < -0.4 is 4.90 Å². The molecule has 5 heteroatoms. The standard InChI is InChI=1S/C23H26N4O/c1-16-14-20(17-8-6-5-7-9-17)27-22(24-15-25-27)26(16)21(28)18-10-12-19(13-11-18)23(2,3)4/h5-13,15-16,20H,14H2,1-4H3/t16-,20-/m0/s1. The van der Waals surface area contributed by atoms with E-state index in [9.17, 15) is 4.79 Å². The number of carbonyl (C=O) groups is 1. The number of rotatable bonds is 2. The second-order valence-electron chi connectivity index (χ2n) is 8.52. The van der Waals surface area contributed by atoms with Gasteiger partial charge in [-0.05, 0) is 42.0 Å². The summed E-state index contributed by atoms with van der Waals surface area (Å²) in [5.74, 6) is 0.575. The van der Waals surface area contributed by atoms with Crippen LogP contribution in [-0.2, 0) is 5.41 Å². The van der Waals surface area contributed by atoms with Crippen molar-refractivity contribution >= 4 is 11.9 Å². The SMILES string of the molecule is C[C@H]1C[C@@H](c2ccccc2)n2ncnc2N1C(=O)c1ccc(C(C)(C)C)cc1. The monoisotopic (exact) mass is 374 g/mol. The zero-order chi connectivity index (χ0) is 19.9. The fourth-order valence-electron chi connectivity index (χ4n) is 3.86. The molecular formula is C23H26N4O. The van der Waals surface area contributed by atoms with Crippen LogP contribution in [0.25, 0.3) is 0 Å². The fourth-order valence-corrected chi connectivity index (χ4v) is 3.86. The minimum Gasteiger partial charge on any atom is -0.274 e. The van der Waals surface area contributed by atoms with Crippen LogP contribution in [0.4, 0.5) is 5.95 Å². The number of amides is 1. The second kappa shape index (κ2) is 6.89. The van der Waals surface area contributed by atoms with Gasteiger partial charge in [0.2, 0.25) is 5.95 Å². The molecule has 5 nitrogen and oxygen atoms in total. The van der Waals surface area contributed by atoms with Gasteiger partial charge in [-0.1, -0.05) is 63.2 Å². The molecular weight excluding hydrogens is 348 g/mol. The normalized spacial score (nSPS) is 19.4. The maximum Gasteiger partial charge on any atom is 0.260 e. The largest absolute Gasteiger partial charge is 0.274 e. The fraction of sp³-hybridized carbons (Fsp3) is 0.348. The van der Waals surface area contributed by atoms with Crippen molar-refractivity contribution in [2.45, 2.75) is 51.6 Å². The summed E-state index contributed by atoms with van der Waals surface area (Å²) in [4.78, 5) is 19.5. The van der Waals surface area contributed by atoms with Gasteiger partial charge in [0.15, 0.2) is 0 Å². The second-order valence-corrected chi connectivity index (χ2v) is 8.52. The number of aromatic nitrogens is 3. The van der Waals surface area contributed by atoms with Crippen molar-refractivity contribution in [1.29, 1.82) is 0 Å². The molecule has 1 aliphatic rings. The van der Waals surface area contributed by atoms with Crippen LogP contribution in [0.1, 0.15) is 61.6 Å². The lowest BCUT2D eigenvalue weighted by atomic mass is 9.86. The van der Waals surface area contributed by atoms with Crippen LogP contribution in [0.15, 0.2) is 60.9 Å². The van der Waals surface area contributed by atoms with E-state index in [1.54, 1.807) is 4.90 Å². The minimum atomic E-state index is -0.0336. The highest BCUT2D eigenvalue weighted by atomic mass is 16.2. The molecule has 3 aromatic rings. The quantitative estimate of drug-likeness (QED) is 0.658. The van der Waals surface area contributed by atoms with Gasteiger partial charge in [0, 0.05) is 11.6 Å². The van der Waals surface area contributed by atoms with Crippen molar-refractivity contribution in [2.75, 3.05) is 4.90 Å². The summed E-state index contributed by atoms with van der Waals surface area (Å²) >= 11 is 0. The lowest BCUT2D eigenvalue weighted by Gasteiger charge is -2.37. The minimum absolute atomic E-state index is 0.0247. The highest BCUT2D eigenvalue weighted by Crippen LogP contribution is 2.35. The summed E-state index contributed by atoms with van der Waals surface area (Å²) in [7, 11) is 0. The average molecular weight is 374 g/mol. The molecule has 0 saturated heterocycles. The van der Waals surface area contributed by atoms with Gasteiger partial charge in [-0.15, -0.1) is 0 Å². The third-order valence-electron chi connectivity index (χ3n) is 5.47. The van der Waals surface area contributed by atoms with Crippen molar-refractivity contribution in [3.05, 3.63) is 77.6 Å². The van der Waals surface area contributed by atoms with Crippen molar-refractivity contribution < 1.29 is 4.79 Å². The van der Waals surface area contributed by atoms with E-state index in [1.165, 1.54) is 17.5 Å². The Morgan fingerprint density at radius 3 is 2.36 bits per heavy atom. The third kappa shape index (κ3) is 3.21. The maximum atomic E-state index is 13.3. The molecule has 0 spiro atoms. The van der Waals surface area contributed by atoms with Gasteiger partial charge in [0.1, 0.15) is 6.33 Å². The lowest BCUT2D eigenvalue weighted by Crippen LogP contribution is -2.46. The zero-order valence-electron chi connectivity index (χ0n) is 16.8. The summed E-state index contributed by atoms with van der Waals surface area (Å²) < 4.78 is 1.87. The molecule has 0 N–H and O–H groups in total.